The van der Waals surface area contributed by atoms with Gasteiger partial charge in [-0.1, -0.05) is 130 Å². The lowest BCUT2D eigenvalue weighted by atomic mass is 9.71. The second-order valence-corrected chi connectivity index (χ2v) is 26.9. The molecule has 8 unspecified atom stereocenters. The van der Waals surface area contributed by atoms with Gasteiger partial charge in [0.05, 0.1) is 23.0 Å². The number of aliphatic hydroxyl groups excluding tert-OH is 3. The molecule has 7 N–H and O–H groups in total. The Labute approximate surface area is 452 Å². The van der Waals surface area contributed by atoms with Gasteiger partial charge >= 0.3 is 0 Å². The fourth-order valence-corrected chi connectivity index (χ4v) is 18.7. The molecule has 10 nitrogen and oxygen atoms in total. The van der Waals surface area contributed by atoms with E-state index in [1.54, 1.807) is 32.4 Å². The molecule has 8 atom stereocenters. The highest BCUT2D eigenvalue weighted by Crippen LogP contribution is 2.59. The molecule has 0 amide bonds. The highest BCUT2D eigenvalue weighted by Gasteiger charge is 2.45. The summed E-state index contributed by atoms with van der Waals surface area (Å²) in [6, 6.07) is 30.9. The fraction of sp³-hybridized carbons (Fsp3) is 0.393. The van der Waals surface area contributed by atoms with Crippen LogP contribution >= 0.6 is 43.2 Å². The molecule has 6 aromatic carbocycles. The molecule has 1 aliphatic carbocycles. The number of aromatic hydroxyl groups is 3. The predicted octanol–water partition coefficient (Wildman–Crippen LogP) is 12.5. The van der Waals surface area contributed by atoms with Gasteiger partial charge < -0.3 is 45.1 Å². The van der Waals surface area contributed by atoms with Crippen LogP contribution in [-0.2, 0) is 31.4 Å². The van der Waals surface area contributed by atoms with Crippen molar-refractivity contribution in [3.8, 4) is 45.4 Å². The van der Waals surface area contributed by atoms with Crippen LogP contribution in [0.4, 0.5) is 0 Å². The molecule has 5 bridgehead atoms. The number of aryl methyl sites for hydroxylation is 1. The van der Waals surface area contributed by atoms with Crippen molar-refractivity contribution in [2.24, 2.45) is 11.8 Å². The lowest BCUT2D eigenvalue weighted by Crippen LogP contribution is -2.41. The highest BCUT2D eigenvalue weighted by atomic mass is 33.1. The third-order valence-electron chi connectivity index (χ3n) is 16.3. The van der Waals surface area contributed by atoms with Crippen LogP contribution in [0.25, 0.3) is 44.2 Å². The van der Waals surface area contributed by atoms with Gasteiger partial charge in [-0.25, -0.2) is 0 Å². The number of fused-ring (bicyclic) bond motifs is 12. The molecule has 7 aromatic rings. The van der Waals surface area contributed by atoms with Crippen molar-refractivity contribution in [3.63, 3.8) is 0 Å². The summed E-state index contributed by atoms with van der Waals surface area (Å²) < 4.78 is 13.8. The number of phenols is 2. The van der Waals surface area contributed by atoms with E-state index >= 15 is 4.79 Å². The van der Waals surface area contributed by atoms with E-state index in [1.807, 2.05) is 29.0 Å². The first-order valence-corrected chi connectivity index (χ1v) is 31.3. The zero-order chi connectivity index (χ0) is 51.6. The minimum absolute atomic E-state index is 0.00177. The number of phenolic OH excluding ortho intramolecular Hbond substituents is 2. The largest absolute Gasteiger partial charge is 0.507 e. The maximum atomic E-state index is 15.4. The number of ether oxygens (including phenoxy) is 1. The summed E-state index contributed by atoms with van der Waals surface area (Å²) in [5, 5.41) is 77.9. The van der Waals surface area contributed by atoms with Crippen molar-refractivity contribution in [1.82, 2.24) is 5.32 Å². The third kappa shape index (κ3) is 9.42. The lowest BCUT2D eigenvalue weighted by Gasteiger charge is -2.41. The first-order valence-electron chi connectivity index (χ1n) is 26.5. The quantitative estimate of drug-likeness (QED) is 0.0717. The average Bonchev–Trinajstić information content (AvgIpc) is 3.48. The van der Waals surface area contributed by atoms with Crippen LogP contribution in [-0.4, -0.2) is 73.1 Å². The van der Waals surface area contributed by atoms with E-state index in [4.69, 9.17) is 9.15 Å². The van der Waals surface area contributed by atoms with Crippen LogP contribution in [0.15, 0.2) is 100 Å². The summed E-state index contributed by atoms with van der Waals surface area (Å²) >= 11 is 0. The van der Waals surface area contributed by atoms with Crippen molar-refractivity contribution in [2.75, 3.05) is 18.9 Å². The summed E-state index contributed by atoms with van der Waals surface area (Å²) in [6.07, 6.45) is 2.52. The monoisotopic (exact) mass is 1080 g/mol. The van der Waals surface area contributed by atoms with Gasteiger partial charge in [-0.3, -0.25) is 4.79 Å². The Balaban J connectivity index is 1.04. The van der Waals surface area contributed by atoms with Gasteiger partial charge in [-0.15, -0.1) is 0 Å². The van der Waals surface area contributed by atoms with Crippen LogP contribution in [0.1, 0.15) is 113 Å². The molecule has 0 saturated carbocycles. The SMILES string of the molecule is CC(C)Cc1cc(-c2oc3cc(O)c4c(c3c(=O)c2O)OC2CC3c5c-4cc(CCCO)c4cccc(c54)C(SSCCCC2O)C3O)c2c(c1O)Cc1cccc(c1)C1NCC(Cc3ccccc3)CC1SSC2. The smallest absolute Gasteiger partial charge is 0.238 e. The Morgan fingerprint density at radius 3 is 2.49 bits per heavy atom. The molecule has 2 fully saturated rings. The number of rotatable bonds is 8. The first kappa shape index (κ1) is 51.0. The fourth-order valence-electron chi connectivity index (χ4n) is 12.8. The number of hydrogen-bond donors (Lipinski definition) is 7. The van der Waals surface area contributed by atoms with Crippen LogP contribution in [0.5, 0.6) is 23.0 Å². The van der Waals surface area contributed by atoms with Crippen LogP contribution < -0.4 is 15.5 Å². The molecule has 4 aliphatic heterocycles. The second-order valence-electron chi connectivity index (χ2n) is 21.7. The van der Waals surface area contributed by atoms with E-state index in [2.05, 4.69) is 85.9 Å². The Morgan fingerprint density at radius 2 is 1.67 bits per heavy atom. The van der Waals surface area contributed by atoms with Crippen LogP contribution in [0.2, 0.25) is 0 Å². The predicted molar refractivity (Wildman–Crippen MR) is 307 cm³/mol. The molecule has 0 radical (unpaired) electrons. The van der Waals surface area contributed by atoms with Crippen LogP contribution in [0, 0.1) is 11.8 Å². The maximum Gasteiger partial charge on any atom is 0.238 e. The zero-order valence-electron chi connectivity index (χ0n) is 42.1. The van der Waals surface area contributed by atoms with Gasteiger partial charge in [0, 0.05) is 58.9 Å². The van der Waals surface area contributed by atoms with Crippen LogP contribution in [0.3, 0.4) is 0 Å². The van der Waals surface area contributed by atoms with Crippen molar-refractivity contribution < 1.29 is 39.8 Å². The molecule has 12 rings (SSSR count). The minimum atomic E-state index is -0.985. The van der Waals surface area contributed by atoms with Crippen molar-refractivity contribution in [3.05, 3.63) is 151 Å². The Kier molecular flexibility index (Phi) is 14.4. The number of hydrogen-bond acceptors (Lipinski definition) is 14. The topological polar surface area (TPSA) is 173 Å². The summed E-state index contributed by atoms with van der Waals surface area (Å²) in [5.41, 5.74) is 8.96. The summed E-state index contributed by atoms with van der Waals surface area (Å²) in [6.45, 7) is 5.06. The summed E-state index contributed by atoms with van der Waals surface area (Å²) in [7, 11) is 6.87. The van der Waals surface area contributed by atoms with Crippen molar-refractivity contribution in [2.45, 2.75) is 118 Å². The van der Waals surface area contributed by atoms with Gasteiger partial charge in [0.2, 0.25) is 11.2 Å². The Hall–Kier alpha value is -4.77. The molecule has 14 heteroatoms. The Morgan fingerprint density at radius 1 is 0.840 bits per heavy atom. The normalized spacial score (nSPS) is 24.3. The zero-order valence-corrected chi connectivity index (χ0v) is 45.4. The van der Waals surface area contributed by atoms with E-state index in [0.717, 1.165) is 63.7 Å². The number of nitrogens with one attached hydrogen (secondary N) is 1. The molecule has 0 spiro atoms. The molecular weight excluding hydrogens is 1020 g/mol. The van der Waals surface area contributed by atoms with E-state index in [1.165, 1.54) is 17.2 Å². The molecule has 2 saturated heterocycles. The van der Waals surface area contributed by atoms with E-state index in [9.17, 15) is 30.6 Å². The molecule has 75 heavy (non-hydrogen) atoms. The number of aliphatic hydroxyl groups is 3. The maximum absolute atomic E-state index is 15.4. The third-order valence-corrected chi connectivity index (χ3v) is 21.9. The standard InChI is InChI=1S/C61H63NO9S4/c1-31(2)20-37-26-41(44-30-73-74-49-24-34(21-32-10-4-3-5-11-32)29-62-54(49)36-13-6-12-33(22-36)23-40(44)55(37)66)59-58(69)57(68)53-48(71-59)28-46(65)52-42-25-35(14-8-18-63)38-15-7-16-39-50(38)51(42)43-27-47(70-60(52)53)45(64)17-9-19-72-75-61(39)56(43)67/h3-7,10-13,15-16,22,25-26,28,31,34,43,45,47,49,54,56,61-67,69H,8-9,14,17-21,23-24,27,29-30H2,1-2H3. The first-order chi connectivity index (χ1) is 36.4. The number of benzene rings is 6. The van der Waals surface area contributed by atoms with Gasteiger partial charge in [0.1, 0.15) is 34.3 Å². The molecule has 1 aromatic heterocycles. The molecular formula is C61H63NO9S4. The van der Waals surface area contributed by atoms with Gasteiger partial charge in [-0.05, 0) is 143 Å². The van der Waals surface area contributed by atoms with Crippen molar-refractivity contribution >= 4 is 64.9 Å². The van der Waals surface area contributed by atoms with Gasteiger partial charge in [-0.2, -0.15) is 0 Å². The lowest BCUT2D eigenvalue weighted by molar-refractivity contribution is 0.00975. The summed E-state index contributed by atoms with van der Waals surface area (Å²) in [5.74, 6) is 0.542. The van der Waals surface area contributed by atoms with Crippen molar-refractivity contribution in [1.29, 1.82) is 0 Å². The van der Waals surface area contributed by atoms with E-state index in [-0.39, 0.29) is 75.0 Å². The number of piperidine rings is 1. The van der Waals surface area contributed by atoms with E-state index < -0.39 is 35.4 Å². The molecule has 5 heterocycles. The van der Waals surface area contributed by atoms with Gasteiger partial charge in [0.25, 0.3) is 0 Å². The minimum Gasteiger partial charge on any atom is -0.507 e. The highest BCUT2D eigenvalue weighted by molar-refractivity contribution is 8.77. The second kappa shape index (κ2) is 21.2. The summed E-state index contributed by atoms with van der Waals surface area (Å²) in [4.78, 5) is 15.4. The Bertz CT molecular complexity index is 3380. The van der Waals surface area contributed by atoms with Gasteiger partial charge in [0.15, 0.2) is 5.76 Å². The molecule has 5 aliphatic rings. The average molecular weight is 1080 g/mol. The molecule has 390 valence electrons. The van der Waals surface area contributed by atoms with E-state index in [0.29, 0.717) is 72.4 Å².